The molecule has 0 saturated heterocycles. The van der Waals surface area contributed by atoms with Crippen LogP contribution in [-0.2, 0) is 9.59 Å². The summed E-state index contributed by atoms with van der Waals surface area (Å²) in [4.78, 5) is 28.0. The van der Waals surface area contributed by atoms with Crippen LogP contribution in [-0.4, -0.2) is 56.5 Å². The number of hydrogen-bond acceptors (Lipinski definition) is 4. The number of nitrogens with zero attached hydrogens (tertiary/aromatic N) is 2. The first-order chi connectivity index (χ1) is 13.9. The average molecular weight is 400 g/mol. The van der Waals surface area contributed by atoms with Gasteiger partial charge in [0.25, 0.3) is 0 Å². The highest BCUT2D eigenvalue weighted by Crippen LogP contribution is 2.15. The van der Waals surface area contributed by atoms with Crippen LogP contribution < -0.4 is 15.5 Å². The Morgan fingerprint density at radius 3 is 2.45 bits per heavy atom. The van der Waals surface area contributed by atoms with Gasteiger partial charge in [0.15, 0.2) is 0 Å². The predicted molar refractivity (Wildman–Crippen MR) is 115 cm³/mol. The molecular formula is C22H29FN4O2. The second-order valence-electron chi connectivity index (χ2n) is 7.00. The van der Waals surface area contributed by atoms with Gasteiger partial charge in [-0.05, 0) is 56.8 Å². The Morgan fingerprint density at radius 2 is 1.76 bits per heavy atom. The van der Waals surface area contributed by atoms with E-state index in [1.54, 1.807) is 18.0 Å². The first-order valence-electron chi connectivity index (χ1n) is 9.69. The SMILES string of the molecule is CCN(CCNC(=O)CN(C)CC(=O)Nc1cccc(F)c1)c1cccc(C)c1. The lowest BCUT2D eigenvalue weighted by atomic mass is 10.2. The summed E-state index contributed by atoms with van der Waals surface area (Å²) in [5.74, 6) is -0.865. The number of aryl methyl sites for hydroxylation is 1. The summed E-state index contributed by atoms with van der Waals surface area (Å²) in [5, 5.41) is 5.51. The number of anilines is 2. The Morgan fingerprint density at radius 1 is 1.03 bits per heavy atom. The van der Waals surface area contributed by atoms with Crippen LogP contribution in [0, 0.1) is 12.7 Å². The molecule has 0 fully saturated rings. The normalized spacial score (nSPS) is 10.7. The third-order valence-corrected chi connectivity index (χ3v) is 4.39. The van der Waals surface area contributed by atoms with Crippen molar-refractivity contribution in [1.82, 2.24) is 10.2 Å². The molecule has 156 valence electrons. The van der Waals surface area contributed by atoms with E-state index in [4.69, 9.17) is 0 Å². The zero-order valence-electron chi connectivity index (χ0n) is 17.2. The van der Waals surface area contributed by atoms with Crippen LogP contribution in [0.4, 0.5) is 15.8 Å². The zero-order valence-corrected chi connectivity index (χ0v) is 17.2. The van der Waals surface area contributed by atoms with E-state index in [-0.39, 0.29) is 24.9 Å². The molecule has 0 aromatic heterocycles. The number of benzene rings is 2. The maximum absolute atomic E-state index is 13.2. The molecule has 0 atom stereocenters. The van der Waals surface area contributed by atoms with Gasteiger partial charge in [0.05, 0.1) is 13.1 Å². The number of rotatable bonds is 10. The molecule has 0 saturated carbocycles. The highest BCUT2D eigenvalue weighted by atomic mass is 19.1. The summed E-state index contributed by atoms with van der Waals surface area (Å²) in [7, 11) is 1.69. The van der Waals surface area contributed by atoms with Gasteiger partial charge >= 0.3 is 0 Å². The van der Waals surface area contributed by atoms with E-state index in [1.165, 1.54) is 23.8 Å². The van der Waals surface area contributed by atoms with Gasteiger partial charge in [-0.25, -0.2) is 4.39 Å². The van der Waals surface area contributed by atoms with Gasteiger partial charge in [-0.15, -0.1) is 0 Å². The van der Waals surface area contributed by atoms with Crippen LogP contribution >= 0.6 is 0 Å². The molecule has 2 rings (SSSR count). The Balaban J connectivity index is 1.71. The quantitative estimate of drug-likeness (QED) is 0.644. The van der Waals surface area contributed by atoms with Gasteiger partial charge < -0.3 is 15.5 Å². The predicted octanol–water partition coefficient (Wildman–Crippen LogP) is 2.65. The summed E-state index contributed by atoms with van der Waals surface area (Å²) in [5.41, 5.74) is 2.72. The number of carbonyl (C=O) groups is 2. The first kappa shape index (κ1) is 22.4. The summed E-state index contributed by atoms with van der Waals surface area (Å²) in [6.07, 6.45) is 0. The summed E-state index contributed by atoms with van der Waals surface area (Å²) >= 11 is 0. The molecule has 0 heterocycles. The topological polar surface area (TPSA) is 64.7 Å². The van der Waals surface area contributed by atoms with Gasteiger partial charge in [-0.3, -0.25) is 14.5 Å². The lowest BCUT2D eigenvalue weighted by Crippen LogP contribution is -2.41. The minimum atomic E-state index is -0.415. The van der Waals surface area contributed by atoms with Crippen LogP contribution in [0.1, 0.15) is 12.5 Å². The van der Waals surface area contributed by atoms with Crippen molar-refractivity contribution in [2.45, 2.75) is 13.8 Å². The first-order valence-corrected chi connectivity index (χ1v) is 9.69. The molecule has 6 nitrogen and oxygen atoms in total. The highest BCUT2D eigenvalue weighted by Gasteiger charge is 2.12. The molecule has 0 radical (unpaired) electrons. The molecule has 2 amide bonds. The maximum atomic E-state index is 13.2. The van der Waals surface area contributed by atoms with Crippen LogP contribution in [0.25, 0.3) is 0 Å². The second-order valence-corrected chi connectivity index (χ2v) is 7.00. The molecule has 0 aliphatic carbocycles. The van der Waals surface area contributed by atoms with E-state index in [0.717, 1.165) is 12.2 Å². The van der Waals surface area contributed by atoms with Crippen molar-refractivity contribution in [3.63, 3.8) is 0 Å². The highest BCUT2D eigenvalue weighted by molar-refractivity contribution is 5.92. The van der Waals surface area contributed by atoms with E-state index in [2.05, 4.69) is 47.6 Å². The third-order valence-electron chi connectivity index (χ3n) is 4.39. The third kappa shape index (κ3) is 7.91. The monoisotopic (exact) mass is 400 g/mol. The molecule has 0 bridgehead atoms. The Labute approximate surface area is 171 Å². The van der Waals surface area contributed by atoms with Gasteiger partial charge in [0.2, 0.25) is 11.8 Å². The number of likely N-dealkylation sites (N-methyl/N-ethyl adjacent to an activating group) is 2. The van der Waals surface area contributed by atoms with Gasteiger partial charge in [-0.1, -0.05) is 18.2 Å². The van der Waals surface area contributed by atoms with Gasteiger partial charge in [0.1, 0.15) is 5.82 Å². The molecule has 0 spiro atoms. The minimum absolute atomic E-state index is 0.0360. The summed E-state index contributed by atoms with van der Waals surface area (Å²) < 4.78 is 13.2. The average Bonchev–Trinajstić information content (AvgIpc) is 2.65. The lowest BCUT2D eigenvalue weighted by Gasteiger charge is -2.24. The molecular weight excluding hydrogens is 371 g/mol. The van der Waals surface area contributed by atoms with Crippen molar-refractivity contribution < 1.29 is 14.0 Å². The van der Waals surface area contributed by atoms with Crippen molar-refractivity contribution in [2.75, 3.05) is 50.0 Å². The summed E-state index contributed by atoms with van der Waals surface area (Å²) in [6, 6.07) is 14.0. The van der Waals surface area contributed by atoms with Crippen molar-refractivity contribution >= 4 is 23.2 Å². The largest absolute Gasteiger partial charge is 0.370 e. The fraction of sp³-hybridized carbons (Fsp3) is 0.364. The van der Waals surface area contributed by atoms with Crippen molar-refractivity contribution in [2.24, 2.45) is 0 Å². The maximum Gasteiger partial charge on any atom is 0.238 e. The van der Waals surface area contributed by atoms with E-state index in [1.807, 2.05) is 6.07 Å². The second kappa shape index (κ2) is 11.2. The zero-order chi connectivity index (χ0) is 21.2. The fourth-order valence-electron chi connectivity index (χ4n) is 2.99. The lowest BCUT2D eigenvalue weighted by molar-refractivity contribution is -0.122. The van der Waals surface area contributed by atoms with Crippen molar-refractivity contribution in [3.8, 4) is 0 Å². The number of halogens is 1. The van der Waals surface area contributed by atoms with E-state index < -0.39 is 5.82 Å². The molecule has 2 N–H and O–H groups in total. The van der Waals surface area contributed by atoms with E-state index >= 15 is 0 Å². The van der Waals surface area contributed by atoms with Crippen molar-refractivity contribution in [1.29, 1.82) is 0 Å². The van der Waals surface area contributed by atoms with Gasteiger partial charge in [-0.2, -0.15) is 0 Å². The number of carbonyl (C=O) groups excluding carboxylic acids is 2. The van der Waals surface area contributed by atoms with Crippen LogP contribution in [0.5, 0.6) is 0 Å². The Hall–Kier alpha value is -2.93. The Bertz CT molecular complexity index is 828. The number of hydrogen-bond donors (Lipinski definition) is 2. The Kier molecular flexibility index (Phi) is 8.61. The summed E-state index contributed by atoms with van der Waals surface area (Å²) in [6.45, 7) is 6.34. The molecule has 0 aliphatic rings. The smallest absolute Gasteiger partial charge is 0.238 e. The molecule has 2 aromatic rings. The van der Waals surface area contributed by atoms with Crippen molar-refractivity contribution in [3.05, 3.63) is 59.9 Å². The molecule has 7 heteroatoms. The van der Waals surface area contributed by atoms with Gasteiger partial charge in [0, 0.05) is 31.0 Å². The van der Waals surface area contributed by atoms with E-state index in [9.17, 15) is 14.0 Å². The van der Waals surface area contributed by atoms with Crippen LogP contribution in [0.2, 0.25) is 0 Å². The van der Waals surface area contributed by atoms with E-state index in [0.29, 0.717) is 18.8 Å². The minimum Gasteiger partial charge on any atom is -0.370 e. The molecule has 2 aromatic carbocycles. The number of nitrogens with one attached hydrogen (secondary N) is 2. The number of amides is 2. The standard InChI is InChI=1S/C22H29FN4O2/c1-4-27(20-10-5-7-17(2)13-20)12-11-24-21(28)15-26(3)16-22(29)25-19-9-6-8-18(23)14-19/h5-10,13-14H,4,11-12,15-16H2,1-3H3,(H,24,28)(H,25,29). The molecule has 0 unspecified atom stereocenters. The molecule has 29 heavy (non-hydrogen) atoms. The van der Waals surface area contributed by atoms with Crippen LogP contribution in [0.3, 0.4) is 0 Å². The van der Waals surface area contributed by atoms with Crippen LogP contribution in [0.15, 0.2) is 48.5 Å². The molecule has 0 aliphatic heterocycles. The fourth-order valence-corrected chi connectivity index (χ4v) is 2.99.